The number of halogens is 1. The Kier molecular flexibility index (Phi) is 4.70. The van der Waals surface area contributed by atoms with Gasteiger partial charge in [0.25, 0.3) is 0 Å². The zero-order valence-electron chi connectivity index (χ0n) is 16.4. The Morgan fingerprint density at radius 1 is 1.26 bits per heavy atom. The number of aromatic nitrogens is 4. The normalized spacial score (nSPS) is 16.0. The summed E-state index contributed by atoms with van der Waals surface area (Å²) < 4.78 is 26.5. The molecule has 5 rings (SSSR count). The lowest BCUT2D eigenvalue weighted by Crippen LogP contribution is -2.29. The molecule has 1 aliphatic heterocycles. The Hall–Kier alpha value is -4.01. The molecule has 31 heavy (non-hydrogen) atoms. The fourth-order valence-electron chi connectivity index (χ4n) is 3.62. The van der Waals surface area contributed by atoms with Gasteiger partial charge in [-0.05, 0) is 30.3 Å². The second-order valence-corrected chi connectivity index (χ2v) is 7.13. The van der Waals surface area contributed by atoms with Gasteiger partial charge < -0.3 is 19.4 Å². The predicted octanol–water partition coefficient (Wildman–Crippen LogP) is 3.60. The number of nitrogens with one attached hydrogen (secondary N) is 1. The molecule has 0 bridgehead atoms. The molecular weight excluding hydrogens is 401 g/mol. The van der Waals surface area contributed by atoms with Crippen molar-refractivity contribution in [1.29, 1.82) is 0 Å². The molecule has 3 aromatic heterocycles. The highest BCUT2D eigenvalue weighted by molar-refractivity contribution is 5.87. The van der Waals surface area contributed by atoms with E-state index in [4.69, 9.17) is 9.47 Å². The molecule has 9 heteroatoms. The number of ether oxygens (including phenoxy) is 2. The average molecular weight is 419 g/mol. The summed E-state index contributed by atoms with van der Waals surface area (Å²) >= 11 is 0. The molecule has 1 fully saturated rings. The summed E-state index contributed by atoms with van der Waals surface area (Å²) in [5.41, 5.74) is 1.56. The van der Waals surface area contributed by atoms with Gasteiger partial charge in [0.05, 0.1) is 12.1 Å². The molecule has 0 unspecified atom stereocenters. The first-order chi connectivity index (χ1) is 15.1. The van der Waals surface area contributed by atoms with Crippen LogP contribution in [-0.2, 0) is 4.79 Å². The summed E-state index contributed by atoms with van der Waals surface area (Å²) in [7, 11) is 0. The molecule has 0 aliphatic carbocycles. The Morgan fingerprint density at radius 3 is 3.03 bits per heavy atom. The molecule has 1 aromatic carbocycles. The van der Waals surface area contributed by atoms with Gasteiger partial charge in [0.15, 0.2) is 17.1 Å². The van der Waals surface area contributed by atoms with Crippen molar-refractivity contribution in [3.8, 4) is 17.5 Å². The lowest BCUT2D eigenvalue weighted by molar-refractivity contribution is -0.125. The minimum absolute atomic E-state index is 0.0367. The van der Waals surface area contributed by atoms with Crippen molar-refractivity contribution >= 4 is 27.8 Å². The fraction of sp³-hybridized carbons (Fsp3) is 0.182. The number of pyridine rings is 1. The van der Waals surface area contributed by atoms with E-state index in [1.807, 2.05) is 0 Å². The highest BCUT2D eigenvalue weighted by Crippen LogP contribution is 2.32. The van der Waals surface area contributed by atoms with Crippen LogP contribution >= 0.6 is 0 Å². The molecule has 156 valence electrons. The first-order valence-corrected chi connectivity index (χ1v) is 9.75. The van der Waals surface area contributed by atoms with Crippen LogP contribution in [0.3, 0.4) is 0 Å². The number of rotatable bonds is 5. The first-order valence-electron chi connectivity index (χ1n) is 9.75. The van der Waals surface area contributed by atoms with Gasteiger partial charge in [-0.2, -0.15) is 4.98 Å². The van der Waals surface area contributed by atoms with Crippen LogP contribution in [0.2, 0.25) is 0 Å². The summed E-state index contributed by atoms with van der Waals surface area (Å²) in [6.07, 6.45) is 4.80. The van der Waals surface area contributed by atoms with E-state index in [-0.39, 0.29) is 23.6 Å². The highest BCUT2D eigenvalue weighted by atomic mass is 19.1. The molecule has 0 saturated carbocycles. The molecule has 1 aliphatic rings. The third-order valence-electron chi connectivity index (χ3n) is 5.18. The number of benzene rings is 1. The smallest absolute Gasteiger partial charge is 0.249 e. The molecule has 1 N–H and O–H groups in total. The van der Waals surface area contributed by atoms with Crippen LogP contribution in [0.4, 0.5) is 4.39 Å². The van der Waals surface area contributed by atoms with Crippen molar-refractivity contribution < 1.29 is 18.7 Å². The van der Waals surface area contributed by atoms with Crippen LogP contribution in [-0.4, -0.2) is 49.9 Å². The van der Waals surface area contributed by atoms with Crippen molar-refractivity contribution in [1.82, 2.24) is 24.8 Å². The van der Waals surface area contributed by atoms with Gasteiger partial charge in [-0.1, -0.05) is 6.58 Å². The molecule has 0 spiro atoms. The van der Waals surface area contributed by atoms with E-state index >= 15 is 0 Å². The average Bonchev–Trinajstić information content (AvgIpc) is 3.45. The van der Waals surface area contributed by atoms with Crippen LogP contribution in [0.5, 0.6) is 17.5 Å². The van der Waals surface area contributed by atoms with E-state index in [0.717, 1.165) is 0 Å². The number of amides is 1. The number of aromatic amines is 1. The van der Waals surface area contributed by atoms with E-state index in [1.165, 1.54) is 18.5 Å². The summed E-state index contributed by atoms with van der Waals surface area (Å²) in [6, 6.07) is 8.34. The molecule has 0 radical (unpaired) electrons. The highest BCUT2D eigenvalue weighted by Gasteiger charge is 2.26. The monoisotopic (exact) mass is 419 g/mol. The Labute approximate surface area is 176 Å². The van der Waals surface area contributed by atoms with Crippen LogP contribution in [0.1, 0.15) is 6.42 Å². The number of H-pyrrole nitrogens is 1. The maximum Gasteiger partial charge on any atom is 0.249 e. The number of nitrogens with zero attached hydrogens (tertiary/aromatic N) is 4. The van der Waals surface area contributed by atoms with E-state index in [1.54, 1.807) is 35.4 Å². The molecule has 4 aromatic rings. The number of hydrogen-bond donors (Lipinski definition) is 1. The van der Waals surface area contributed by atoms with Crippen LogP contribution in [0.15, 0.2) is 55.5 Å². The fourth-order valence-corrected chi connectivity index (χ4v) is 3.62. The second kappa shape index (κ2) is 7.67. The van der Waals surface area contributed by atoms with E-state index in [9.17, 15) is 9.18 Å². The van der Waals surface area contributed by atoms with Crippen molar-refractivity contribution in [2.45, 2.75) is 12.5 Å². The van der Waals surface area contributed by atoms with Crippen molar-refractivity contribution in [3.63, 3.8) is 0 Å². The largest absolute Gasteiger partial charge is 0.472 e. The van der Waals surface area contributed by atoms with E-state index < -0.39 is 5.82 Å². The van der Waals surface area contributed by atoms with Gasteiger partial charge in [0.1, 0.15) is 12.4 Å². The zero-order valence-corrected chi connectivity index (χ0v) is 16.4. The number of carbonyl (C=O) groups is 1. The molecular formula is C22H18FN5O3. The zero-order chi connectivity index (χ0) is 21.4. The van der Waals surface area contributed by atoms with Gasteiger partial charge in [-0.3, -0.25) is 4.79 Å². The van der Waals surface area contributed by atoms with Gasteiger partial charge >= 0.3 is 0 Å². The SMILES string of the molecule is C=CC(=O)N1CC[C@H](Oc2ccc3ncnc(Oc4ccc5[nH]ccc5c4F)c3n2)C1. The quantitative estimate of drug-likeness (QED) is 0.497. The van der Waals surface area contributed by atoms with Crippen LogP contribution in [0.25, 0.3) is 21.9 Å². The van der Waals surface area contributed by atoms with Crippen molar-refractivity contribution in [2.75, 3.05) is 13.1 Å². The van der Waals surface area contributed by atoms with Crippen molar-refractivity contribution in [3.05, 3.63) is 61.3 Å². The number of hydrogen-bond acceptors (Lipinski definition) is 6. The summed E-state index contributed by atoms with van der Waals surface area (Å²) in [6.45, 7) is 4.57. The Morgan fingerprint density at radius 2 is 2.16 bits per heavy atom. The Balaban J connectivity index is 1.42. The predicted molar refractivity (Wildman–Crippen MR) is 111 cm³/mol. The standard InChI is InChI=1S/C22H18FN5O3/c1-2-19(29)28-10-8-13(11-28)30-18-6-4-16-21(27-18)22(26-12-25-16)31-17-5-3-15-14(20(17)23)7-9-24-15/h2-7,9,12-13,24H,1,8,10-11H2/t13-/m0/s1. The molecule has 1 amide bonds. The van der Waals surface area contributed by atoms with E-state index in [2.05, 4.69) is 26.5 Å². The number of carbonyl (C=O) groups excluding carboxylic acids is 1. The summed E-state index contributed by atoms with van der Waals surface area (Å²) in [4.78, 5) is 29.2. The first kappa shape index (κ1) is 19.0. The maximum atomic E-state index is 14.8. The number of fused-ring (bicyclic) bond motifs is 2. The third-order valence-corrected chi connectivity index (χ3v) is 5.18. The maximum absolute atomic E-state index is 14.8. The molecule has 1 atom stereocenters. The third kappa shape index (κ3) is 3.54. The van der Waals surface area contributed by atoms with E-state index in [0.29, 0.717) is 47.3 Å². The molecule has 1 saturated heterocycles. The second-order valence-electron chi connectivity index (χ2n) is 7.13. The van der Waals surface area contributed by atoms with Gasteiger partial charge in [0, 0.05) is 36.1 Å². The molecule has 8 nitrogen and oxygen atoms in total. The van der Waals surface area contributed by atoms with Gasteiger partial charge in [-0.25, -0.2) is 14.4 Å². The van der Waals surface area contributed by atoms with Crippen LogP contribution in [0, 0.1) is 5.82 Å². The summed E-state index contributed by atoms with van der Waals surface area (Å²) in [5, 5.41) is 0.424. The lowest BCUT2D eigenvalue weighted by Gasteiger charge is -2.15. The summed E-state index contributed by atoms with van der Waals surface area (Å²) in [5.74, 6) is -0.0979. The minimum Gasteiger partial charge on any atom is -0.472 e. The minimum atomic E-state index is -0.490. The Bertz CT molecular complexity index is 1310. The number of likely N-dealkylation sites (tertiary alicyclic amines) is 1. The van der Waals surface area contributed by atoms with Gasteiger partial charge in [-0.15, -0.1) is 0 Å². The van der Waals surface area contributed by atoms with Crippen LogP contribution < -0.4 is 9.47 Å². The topological polar surface area (TPSA) is 93.2 Å². The van der Waals surface area contributed by atoms with Gasteiger partial charge in [0.2, 0.25) is 17.7 Å². The lowest BCUT2D eigenvalue weighted by atomic mass is 10.2. The molecule has 4 heterocycles. The van der Waals surface area contributed by atoms with Crippen molar-refractivity contribution in [2.24, 2.45) is 0 Å².